The molecule has 0 spiro atoms. The van der Waals surface area contributed by atoms with Crippen LogP contribution in [0.15, 0.2) is 79.0 Å². The lowest BCUT2D eigenvalue weighted by Crippen LogP contribution is -2.46. The van der Waals surface area contributed by atoms with Gasteiger partial charge in [-0.3, -0.25) is 4.79 Å². The second kappa shape index (κ2) is 18.3. The molecule has 57 heavy (non-hydrogen) atoms. The molecule has 1 aromatic heterocycles. The van der Waals surface area contributed by atoms with E-state index in [1.165, 1.54) is 12.1 Å². The highest BCUT2D eigenvalue weighted by Crippen LogP contribution is 2.44. The molecule has 2 aliphatic rings. The second-order valence-electron chi connectivity index (χ2n) is 14.9. The zero-order valence-electron chi connectivity index (χ0n) is 33.9. The van der Waals surface area contributed by atoms with E-state index in [4.69, 9.17) is 28.7 Å². The fraction of sp³-hybridized carbons (Fsp3) is 0.422. The zero-order chi connectivity index (χ0) is 40.6. The summed E-state index contributed by atoms with van der Waals surface area (Å²) in [6.45, 7) is 5.37. The van der Waals surface area contributed by atoms with Gasteiger partial charge < -0.3 is 43.2 Å². The highest BCUT2D eigenvalue weighted by molar-refractivity contribution is 5.85. The number of amides is 1. The van der Waals surface area contributed by atoms with Gasteiger partial charge in [0.05, 0.1) is 52.9 Å². The van der Waals surface area contributed by atoms with Crippen LogP contribution in [0.2, 0.25) is 0 Å². The van der Waals surface area contributed by atoms with Crippen LogP contribution < -0.4 is 23.7 Å². The van der Waals surface area contributed by atoms with Crippen molar-refractivity contribution in [3.8, 4) is 28.7 Å². The Kier molecular flexibility index (Phi) is 13.3. The molecule has 0 radical (unpaired) electrons. The number of halogens is 1. The minimum Gasteiger partial charge on any atom is -0.493 e. The van der Waals surface area contributed by atoms with Crippen molar-refractivity contribution in [2.24, 2.45) is 5.41 Å². The topological polar surface area (TPSA) is 108 Å². The number of aliphatic hydroxyl groups is 1. The third kappa shape index (κ3) is 9.13. The van der Waals surface area contributed by atoms with E-state index in [-0.39, 0.29) is 11.7 Å². The highest BCUT2D eigenvalue weighted by atomic mass is 19.1. The summed E-state index contributed by atoms with van der Waals surface area (Å²) in [5.41, 5.74) is 1.84. The third-order valence-corrected chi connectivity index (χ3v) is 11.4. The van der Waals surface area contributed by atoms with Crippen LogP contribution in [0.4, 0.5) is 4.39 Å². The quantitative estimate of drug-likeness (QED) is 0.113. The molecule has 1 atom stereocenters. The van der Waals surface area contributed by atoms with E-state index in [1.807, 2.05) is 71.0 Å². The molecule has 1 amide bonds. The van der Waals surface area contributed by atoms with Crippen LogP contribution in [0.25, 0.3) is 6.08 Å². The Morgan fingerprint density at radius 2 is 1.42 bits per heavy atom. The Morgan fingerprint density at radius 1 is 0.772 bits per heavy atom. The maximum atomic E-state index is 14.7. The maximum Gasteiger partial charge on any atom is 0.229 e. The van der Waals surface area contributed by atoms with Gasteiger partial charge in [-0.1, -0.05) is 36.4 Å². The fourth-order valence-electron chi connectivity index (χ4n) is 8.20. The number of hydrogen-bond acceptors (Lipinski definition) is 9. The SMILES string of the molecule is CC=CC=Cc1cnc(C2(O)CCN(CCC3(Cc4ccc(OC)c(OC)c4)CCN(Cc4cc(OC)c(OC)c(OC)c4)C3=O)CC2)n1Cc1ccc(F)cc1. The van der Waals surface area contributed by atoms with Crippen LogP contribution in [0, 0.1) is 11.2 Å². The molecule has 4 aromatic rings. The van der Waals surface area contributed by atoms with Gasteiger partial charge in [0.25, 0.3) is 0 Å². The number of ether oxygens (including phenoxy) is 5. The molecular formula is C45H55FN4O7. The average Bonchev–Trinajstić information content (AvgIpc) is 3.77. The smallest absolute Gasteiger partial charge is 0.229 e. The van der Waals surface area contributed by atoms with Gasteiger partial charge in [0.15, 0.2) is 23.0 Å². The molecule has 0 bridgehead atoms. The number of imidazole rings is 1. The number of hydrogen-bond donors (Lipinski definition) is 1. The summed E-state index contributed by atoms with van der Waals surface area (Å²) < 4.78 is 43.6. The Balaban J connectivity index is 1.21. The first-order valence-electron chi connectivity index (χ1n) is 19.4. The number of carbonyl (C=O) groups excluding carboxylic acids is 1. The average molecular weight is 783 g/mol. The van der Waals surface area contributed by atoms with Crippen molar-refractivity contribution in [3.63, 3.8) is 0 Å². The van der Waals surface area contributed by atoms with Crippen molar-refractivity contribution >= 4 is 12.0 Å². The molecular weight excluding hydrogens is 728 g/mol. The molecule has 2 fully saturated rings. The summed E-state index contributed by atoms with van der Waals surface area (Å²) in [6, 6.07) is 16.1. The van der Waals surface area contributed by atoms with Crippen molar-refractivity contribution < 1.29 is 38.0 Å². The number of likely N-dealkylation sites (tertiary alicyclic amines) is 2. The Bertz CT molecular complexity index is 2030. The van der Waals surface area contributed by atoms with E-state index in [0.29, 0.717) is 106 Å². The Labute approximate surface area is 335 Å². The lowest BCUT2D eigenvalue weighted by atomic mass is 9.76. The van der Waals surface area contributed by atoms with E-state index < -0.39 is 11.0 Å². The third-order valence-electron chi connectivity index (χ3n) is 11.4. The summed E-state index contributed by atoms with van der Waals surface area (Å²) in [7, 11) is 7.97. The predicted octanol–water partition coefficient (Wildman–Crippen LogP) is 7.04. The van der Waals surface area contributed by atoms with Crippen molar-refractivity contribution in [1.82, 2.24) is 19.4 Å². The molecule has 0 aliphatic carbocycles. The number of rotatable bonds is 17. The van der Waals surface area contributed by atoms with Crippen molar-refractivity contribution in [2.75, 3.05) is 61.7 Å². The van der Waals surface area contributed by atoms with Crippen molar-refractivity contribution in [3.05, 3.63) is 113 Å². The minimum atomic E-state index is -1.15. The zero-order valence-corrected chi connectivity index (χ0v) is 33.9. The molecule has 2 aliphatic heterocycles. The molecule has 1 unspecified atom stereocenters. The second-order valence-corrected chi connectivity index (χ2v) is 14.9. The standard InChI is InChI=1S/C45H55FN4O7/c1-7-8-9-10-36-29-47-42(50(36)31-32-11-14-35(46)15-12-32)45(52)19-22-48(23-20-45)21-17-44(28-33-13-16-37(53-2)38(25-33)54-3)18-24-49(43(44)51)30-34-26-39(55-4)41(57-6)40(27-34)56-5/h7-16,25-27,29,52H,17-24,28,30-31H2,1-6H3. The number of allylic oxidation sites excluding steroid dienone is 3. The molecule has 1 N–H and O–H groups in total. The van der Waals surface area contributed by atoms with Gasteiger partial charge >= 0.3 is 0 Å². The van der Waals surface area contributed by atoms with Gasteiger partial charge in [0.2, 0.25) is 11.7 Å². The number of benzene rings is 3. The molecule has 2 saturated heterocycles. The van der Waals surface area contributed by atoms with Crippen molar-refractivity contribution in [2.45, 2.75) is 57.7 Å². The van der Waals surface area contributed by atoms with E-state index in [1.54, 1.807) is 53.9 Å². The molecule has 304 valence electrons. The molecule has 3 aromatic carbocycles. The van der Waals surface area contributed by atoms with Crippen LogP contribution in [-0.4, -0.2) is 92.1 Å². The van der Waals surface area contributed by atoms with E-state index in [2.05, 4.69) is 4.90 Å². The first kappa shape index (κ1) is 41.3. The molecule has 12 heteroatoms. The van der Waals surface area contributed by atoms with Gasteiger partial charge in [-0.25, -0.2) is 9.37 Å². The minimum absolute atomic E-state index is 0.0980. The van der Waals surface area contributed by atoms with E-state index in [9.17, 15) is 14.3 Å². The van der Waals surface area contributed by atoms with Gasteiger partial charge in [-0.15, -0.1) is 0 Å². The molecule has 3 heterocycles. The summed E-state index contributed by atoms with van der Waals surface area (Å²) in [6.07, 6.45) is 12.4. The van der Waals surface area contributed by atoms with Gasteiger partial charge in [0.1, 0.15) is 17.2 Å². The maximum absolute atomic E-state index is 14.7. The first-order valence-corrected chi connectivity index (χ1v) is 19.4. The number of nitrogens with zero attached hydrogens (tertiary/aromatic N) is 4. The van der Waals surface area contributed by atoms with Gasteiger partial charge in [0, 0.05) is 32.7 Å². The van der Waals surface area contributed by atoms with Gasteiger partial charge in [-0.05, 0) is 105 Å². The monoisotopic (exact) mass is 782 g/mol. The lowest BCUT2D eigenvalue weighted by Gasteiger charge is -2.39. The lowest BCUT2D eigenvalue weighted by molar-refractivity contribution is -0.137. The van der Waals surface area contributed by atoms with Crippen LogP contribution in [0.5, 0.6) is 28.7 Å². The Morgan fingerprint density at radius 3 is 2.05 bits per heavy atom. The number of methoxy groups -OCH3 is 5. The van der Waals surface area contributed by atoms with Crippen molar-refractivity contribution in [1.29, 1.82) is 0 Å². The predicted molar refractivity (Wildman–Crippen MR) is 218 cm³/mol. The van der Waals surface area contributed by atoms with E-state index in [0.717, 1.165) is 22.4 Å². The molecule has 6 rings (SSSR count). The van der Waals surface area contributed by atoms with Crippen LogP contribution in [0.3, 0.4) is 0 Å². The Hall–Kier alpha value is -5.33. The number of aromatic nitrogens is 2. The highest BCUT2D eigenvalue weighted by Gasteiger charge is 2.47. The van der Waals surface area contributed by atoms with Gasteiger partial charge in [-0.2, -0.15) is 0 Å². The summed E-state index contributed by atoms with van der Waals surface area (Å²) in [5, 5.41) is 12.2. The molecule has 11 nitrogen and oxygen atoms in total. The summed E-state index contributed by atoms with van der Waals surface area (Å²) in [4.78, 5) is 23.7. The largest absolute Gasteiger partial charge is 0.493 e. The fourth-order valence-corrected chi connectivity index (χ4v) is 8.20. The first-order chi connectivity index (χ1) is 27.6. The van der Waals surface area contributed by atoms with E-state index >= 15 is 0 Å². The summed E-state index contributed by atoms with van der Waals surface area (Å²) in [5.74, 6) is 3.26. The van der Waals surface area contributed by atoms with Crippen LogP contribution in [0.1, 0.15) is 60.8 Å². The number of carbonyl (C=O) groups is 1. The normalized spacial score (nSPS) is 18.5. The number of piperidine rings is 1. The summed E-state index contributed by atoms with van der Waals surface area (Å²) >= 11 is 0. The van der Waals surface area contributed by atoms with Crippen LogP contribution >= 0.6 is 0 Å². The van der Waals surface area contributed by atoms with Crippen LogP contribution in [-0.2, 0) is 29.9 Å². The molecule has 0 saturated carbocycles.